The van der Waals surface area contributed by atoms with Crippen molar-refractivity contribution in [3.05, 3.63) is 41.6 Å². The molecule has 32 heavy (non-hydrogen) atoms. The fraction of sp³-hybridized carbons (Fsp3) is 0.400. The SMILES string of the molecule is CCSc1cc(C(C)(C)C#N)c[n+]([O-])c1-c1cc2ncn(CC(F)(F)C(F)(F)F)c2cn1. The van der Waals surface area contributed by atoms with Gasteiger partial charge < -0.3 is 9.77 Å². The van der Waals surface area contributed by atoms with E-state index in [0.717, 1.165) is 12.5 Å². The maximum absolute atomic E-state index is 13.5. The molecule has 0 amide bonds. The van der Waals surface area contributed by atoms with E-state index >= 15 is 0 Å². The lowest BCUT2D eigenvalue weighted by Gasteiger charge is -2.20. The molecule has 6 nitrogen and oxygen atoms in total. The Balaban J connectivity index is 2.08. The van der Waals surface area contributed by atoms with Gasteiger partial charge in [0.25, 0.3) is 5.69 Å². The first-order valence-corrected chi connectivity index (χ1v) is 10.4. The van der Waals surface area contributed by atoms with Crippen molar-refractivity contribution >= 4 is 22.8 Å². The largest absolute Gasteiger partial charge is 0.618 e. The minimum Gasteiger partial charge on any atom is -0.618 e. The second kappa shape index (κ2) is 8.20. The molecule has 0 saturated carbocycles. The topological polar surface area (TPSA) is 81.4 Å². The highest BCUT2D eigenvalue weighted by molar-refractivity contribution is 7.99. The number of nitrogens with zero attached hydrogens (tertiary/aromatic N) is 5. The molecular formula is C20H18F5N5OS. The second-order valence-electron chi connectivity index (χ2n) is 7.57. The highest BCUT2D eigenvalue weighted by atomic mass is 32.2. The molecule has 12 heteroatoms. The van der Waals surface area contributed by atoms with Crippen molar-refractivity contribution in [1.29, 1.82) is 5.26 Å². The number of thioether (sulfide) groups is 1. The van der Waals surface area contributed by atoms with Gasteiger partial charge in [-0.3, -0.25) is 0 Å². The maximum atomic E-state index is 13.5. The highest BCUT2D eigenvalue weighted by Gasteiger charge is 2.57. The van der Waals surface area contributed by atoms with Crippen molar-refractivity contribution in [2.45, 2.75) is 49.7 Å². The van der Waals surface area contributed by atoms with Crippen LogP contribution in [-0.4, -0.2) is 32.4 Å². The van der Waals surface area contributed by atoms with E-state index in [9.17, 15) is 32.4 Å². The van der Waals surface area contributed by atoms with E-state index in [-0.39, 0.29) is 22.4 Å². The first-order chi connectivity index (χ1) is 14.8. The third-order valence-electron chi connectivity index (χ3n) is 4.83. The van der Waals surface area contributed by atoms with Crippen molar-refractivity contribution < 1.29 is 26.7 Å². The summed E-state index contributed by atoms with van der Waals surface area (Å²) in [5, 5.41) is 22.2. The van der Waals surface area contributed by atoms with Crippen LogP contribution in [0.15, 0.2) is 35.7 Å². The van der Waals surface area contributed by atoms with E-state index in [4.69, 9.17) is 0 Å². The molecule has 0 spiro atoms. The monoisotopic (exact) mass is 471 g/mol. The van der Waals surface area contributed by atoms with Gasteiger partial charge in [0.15, 0.2) is 6.20 Å². The van der Waals surface area contributed by atoms with Gasteiger partial charge >= 0.3 is 12.1 Å². The molecule has 3 aromatic heterocycles. The summed E-state index contributed by atoms with van der Waals surface area (Å²) in [6.45, 7) is 3.60. The van der Waals surface area contributed by atoms with E-state index in [1.807, 2.05) is 6.92 Å². The van der Waals surface area contributed by atoms with E-state index in [1.54, 1.807) is 19.9 Å². The number of hydrogen-bond acceptors (Lipinski definition) is 5. The number of fused-ring (bicyclic) bond motifs is 1. The van der Waals surface area contributed by atoms with Crippen molar-refractivity contribution in [2.75, 3.05) is 5.75 Å². The van der Waals surface area contributed by atoms with Gasteiger partial charge in [-0.1, -0.05) is 6.92 Å². The average molecular weight is 471 g/mol. The third-order valence-corrected chi connectivity index (χ3v) is 5.74. The van der Waals surface area contributed by atoms with Crippen LogP contribution in [0.25, 0.3) is 22.4 Å². The quantitative estimate of drug-likeness (QED) is 0.222. The van der Waals surface area contributed by atoms with E-state index < -0.39 is 24.1 Å². The molecule has 0 radical (unpaired) electrons. The summed E-state index contributed by atoms with van der Waals surface area (Å²) in [4.78, 5) is 8.59. The molecule has 0 atom stereocenters. The molecule has 0 aliphatic rings. The van der Waals surface area contributed by atoms with Gasteiger partial charge in [0.05, 0.1) is 46.5 Å². The Kier molecular flexibility index (Phi) is 6.08. The molecule has 0 aliphatic carbocycles. The van der Waals surface area contributed by atoms with Crippen LogP contribution in [0.3, 0.4) is 0 Å². The number of nitriles is 1. The summed E-state index contributed by atoms with van der Waals surface area (Å²) < 4.78 is 65.8. The van der Waals surface area contributed by atoms with Crippen molar-refractivity contribution in [1.82, 2.24) is 14.5 Å². The Morgan fingerprint density at radius 1 is 1.19 bits per heavy atom. The van der Waals surface area contributed by atoms with Gasteiger partial charge in [0.2, 0.25) is 0 Å². The molecule has 0 saturated heterocycles. The van der Waals surface area contributed by atoms with Gasteiger partial charge in [-0.15, -0.1) is 11.8 Å². The number of alkyl halides is 5. The average Bonchev–Trinajstić information content (AvgIpc) is 3.08. The van der Waals surface area contributed by atoms with Gasteiger partial charge in [0, 0.05) is 5.56 Å². The number of imidazole rings is 1. The molecule has 3 heterocycles. The summed E-state index contributed by atoms with van der Waals surface area (Å²) in [7, 11) is 0. The first-order valence-electron chi connectivity index (χ1n) is 9.38. The lowest BCUT2D eigenvalue weighted by atomic mass is 9.87. The fourth-order valence-corrected chi connectivity index (χ4v) is 3.83. The molecule has 0 bridgehead atoms. The number of pyridine rings is 2. The smallest absolute Gasteiger partial charge is 0.455 e. The van der Waals surface area contributed by atoms with Crippen LogP contribution < -0.4 is 4.73 Å². The summed E-state index contributed by atoms with van der Waals surface area (Å²) in [5.41, 5.74) is 0.0375. The molecule has 3 aromatic rings. The highest BCUT2D eigenvalue weighted by Crippen LogP contribution is 2.38. The summed E-state index contributed by atoms with van der Waals surface area (Å²) in [6, 6.07) is 5.21. The zero-order valence-corrected chi connectivity index (χ0v) is 18.1. The first kappa shape index (κ1) is 23.7. The van der Waals surface area contributed by atoms with Crippen LogP contribution in [0.1, 0.15) is 26.3 Å². The minimum atomic E-state index is -5.70. The van der Waals surface area contributed by atoms with Gasteiger partial charge in [-0.05, 0) is 31.7 Å². The Hall–Kier alpha value is -2.94. The summed E-state index contributed by atoms with van der Waals surface area (Å²) in [6.07, 6.45) is -2.44. The standard InChI is InChI=1S/C20H18F5N5OS/c1-4-32-16-5-12(18(2,3)9-26)8-30(31)17(16)14-6-13-15(7-27-14)29(11-28-13)10-19(21,22)20(23,24)25/h5-8,11H,4,10H2,1-3H3. The predicted octanol–water partition coefficient (Wildman–Crippen LogP) is 4.84. The predicted molar refractivity (Wildman–Crippen MR) is 108 cm³/mol. The van der Waals surface area contributed by atoms with Gasteiger partial charge in [-0.2, -0.15) is 31.9 Å². The van der Waals surface area contributed by atoms with Crippen LogP contribution in [0.5, 0.6) is 0 Å². The van der Waals surface area contributed by atoms with Crippen LogP contribution in [-0.2, 0) is 12.0 Å². The maximum Gasteiger partial charge on any atom is 0.455 e. The normalized spacial score (nSPS) is 12.8. The summed E-state index contributed by atoms with van der Waals surface area (Å²) in [5.74, 6) is -4.32. The van der Waals surface area contributed by atoms with Crippen LogP contribution in [0.2, 0.25) is 0 Å². The number of hydrogen-bond donors (Lipinski definition) is 0. The Morgan fingerprint density at radius 2 is 1.88 bits per heavy atom. The van der Waals surface area contributed by atoms with E-state index in [2.05, 4.69) is 16.0 Å². The Labute approximate surface area is 184 Å². The summed E-state index contributed by atoms with van der Waals surface area (Å²) >= 11 is 1.35. The Bertz CT molecular complexity index is 1200. The van der Waals surface area contributed by atoms with Crippen molar-refractivity contribution in [2.24, 2.45) is 0 Å². The fourth-order valence-electron chi connectivity index (χ4n) is 2.97. The van der Waals surface area contributed by atoms with Gasteiger partial charge in [-0.25, -0.2) is 9.97 Å². The zero-order chi connectivity index (χ0) is 23.9. The Morgan fingerprint density at radius 3 is 2.47 bits per heavy atom. The van der Waals surface area contributed by atoms with Gasteiger partial charge in [0.1, 0.15) is 5.69 Å². The molecule has 0 fully saturated rings. The lowest BCUT2D eigenvalue weighted by Crippen LogP contribution is -2.40. The van der Waals surface area contributed by atoms with Crippen LogP contribution in [0, 0.1) is 16.5 Å². The van der Waals surface area contributed by atoms with E-state index in [0.29, 0.717) is 25.5 Å². The molecule has 0 unspecified atom stereocenters. The third kappa shape index (κ3) is 4.34. The zero-order valence-electron chi connectivity index (χ0n) is 17.2. The van der Waals surface area contributed by atoms with Crippen LogP contribution >= 0.6 is 11.8 Å². The van der Waals surface area contributed by atoms with Crippen LogP contribution in [0.4, 0.5) is 22.0 Å². The second-order valence-corrected chi connectivity index (χ2v) is 8.88. The molecule has 170 valence electrons. The molecule has 3 rings (SSSR count). The molecule has 0 N–H and O–H groups in total. The minimum absolute atomic E-state index is 0.0259. The van der Waals surface area contributed by atoms with Crippen molar-refractivity contribution in [3.63, 3.8) is 0 Å². The molecule has 0 aromatic carbocycles. The molecule has 0 aliphatic heterocycles. The lowest BCUT2D eigenvalue weighted by molar-refractivity contribution is -0.596. The number of halogens is 5. The van der Waals surface area contributed by atoms with E-state index in [1.165, 1.54) is 24.0 Å². The number of aromatic nitrogens is 4. The molecular weight excluding hydrogens is 453 g/mol. The van der Waals surface area contributed by atoms with Crippen molar-refractivity contribution in [3.8, 4) is 17.5 Å². The number of rotatable bonds is 6.